The minimum atomic E-state index is 0.253. The molecule has 1 rings (SSSR count). The Labute approximate surface area is 107 Å². The standard InChI is InChI=1S/C14H30N2O/c1-6-15(4)14(2,3)13-9-7-8-10-16(13)11-12-17-5/h13H,6-12H2,1-5H3. The number of ether oxygens (including phenoxy) is 1. The fourth-order valence-corrected chi connectivity index (χ4v) is 2.93. The summed E-state index contributed by atoms with van der Waals surface area (Å²) in [5.41, 5.74) is 0.253. The summed E-state index contributed by atoms with van der Waals surface area (Å²) >= 11 is 0. The van der Waals surface area contributed by atoms with Gasteiger partial charge in [0.25, 0.3) is 0 Å². The van der Waals surface area contributed by atoms with Crippen LogP contribution in [0.4, 0.5) is 0 Å². The molecule has 0 radical (unpaired) electrons. The minimum Gasteiger partial charge on any atom is -0.383 e. The molecular weight excluding hydrogens is 212 g/mol. The van der Waals surface area contributed by atoms with E-state index in [1.807, 2.05) is 0 Å². The van der Waals surface area contributed by atoms with Gasteiger partial charge in [0, 0.05) is 25.2 Å². The molecule has 0 aromatic carbocycles. The normalized spacial score (nSPS) is 23.3. The molecule has 0 N–H and O–H groups in total. The lowest BCUT2D eigenvalue weighted by Gasteiger charge is -2.49. The molecule has 0 bridgehead atoms. The second-order valence-corrected chi connectivity index (χ2v) is 5.71. The minimum absolute atomic E-state index is 0.253. The van der Waals surface area contributed by atoms with Gasteiger partial charge in [-0.15, -0.1) is 0 Å². The van der Waals surface area contributed by atoms with E-state index in [4.69, 9.17) is 4.74 Å². The highest BCUT2D eigenvalue weighted by molar-refractivity contribution is 4.95. The van der Waals surface area contributed by atoms with E-state index < -0.39 is 0 Å². The van der Waals surface area contributed by atoms with Gasteiger partial charge in [0.05, 0.1) is 6.61 Å². The van der Waals surface area contributed by atoms with Gasteiger partial charge in [-0.2, -0.15) is 0 Å². The van der Waals surface area contributed by atoms with Crippen molar-refractivity contribution in [1.29, 1.82) is 0 Å². The van der Waals surface area contributed by atoms with Crippen molar-refractivity contribution in [1.82, 2.24) is 9.80 Å². The van der Waals surface area contributed by atoms with E-state index in [1.54, 1.807) is 7.11 Å². The molecular formula is C14H30N2O. The van der Waals surface area contributed by atoms with Crippen molar-refractivity contribution in [3.05, 3.63) is 0 Å². The predicted octanol–water partition coefficient (Wildman–Crippen LogP) is 2.22. The first kappa shape index (κ1) is 14.9. The van der Waals surface area contributed by atoms with Crippen molar-refractivity contribution in [3.63, 3.8) is 0 Å². The molecule has 0 aromatic heterocycles. The van der Waals surface area contributed by atoms with Gasteiger partial charge in [-0.1, -0.05) is 13.3 Å². The monoisotopic (exact) mass is 242 g/mol. The van der Waals surface area contributed by atoms with E-state index in [9.17, 15) is 0 Å². The van der Waals surface area contributed by atoms with Crippen molar-refractivity contribution in [2.24, 2.45) is 0 Å². The van der Waals surface area contributed by atoms with Crippen LogP contribution in [0.25, 0.3) is 0 Å². The topological polar surface area (TPSA) is 15.7 Å². The summed E-state index contributed by atoms with van der Waals surface area (Å²) in [7, 11) is 4.03. The Hall–Kier alpha value is -0.120. The van der Waals surface area contributed by atoms with E-state index in [1.165, 1.54) is 25.8 Å². The molecule has 102 valence electrons. The average molecular weight is 242 g/mol. The van der Waals surface area contributed by atoms with Gasteiger partial charge in [0.1, 0.15) is 0 Å². The number of rotatable bonds is 6. The number of nitrogens with zero attached hydrogens (tertiary/aromatic N) is 2. The van der Waals surface area contributed by atoms with Gasteiger partial charge in [0.2, 0.25) is 0 Å². The molecule has 3 heteroatoms. The number of likely N-dealkylation sites (N-methyl/N-ethyl adjacent to an activating group) is 1. The van der Waals surface area contributed by atoms with Crippen molar-refractivity contribution in [2.75, 3.05) is 40.4 Å². The SMILES string of the molecule is CCN(C)C(C)(C)C1CCCCN1CCOC. The Morgan fingerprint density at radius 3 is 2.65 bits per heavy atom. The summed E-state index contributed by atoms with van der Waals surface area (Å²) in [5.74, 6) is 0. The van der Waals surface area contributed by atoms with E-state index in [2.05, 4.69) is 37.6 Å². The van der Waals surface area contributed by atoms with Crippen LogP contribution in [0.1, 0.15) is 40.0 Å². The Bertz CT molecular complexity index is 218. The number of likely N-dealkylation sites (tertiary alicyclic amines) is 1. The molecule has 0 saturated carbocycles. The van der Waals surface area contributed by atoms with Gasteiger partial charge in [-0.05, 0) is 46.8 Å². The van der Waals surface area contributed by atoms with Gasteiger partial charge >= 0.3 is 0 Å². The van der Waals surface area contributed by atoms with E-state index in [-0.39, 0.29) is 5.54 Å². The third-order valence-electron chi connectivity index (χ3n) is 4.47. The molecule has 0 aliphatic carbocycles. The Kier molecular flexibility index (Phi) is 5.90. The molecule has 3 nitrogen and oxygen atoms in total. The molecule has 1 atom stereocenters. The largest absolute Gasteiger partial charge is 0.383 e. The lowest BCUT2D eigenvalue weighted by Crippen LogP contribution is -2.59. The molecule has 0 aromatic rings. The van der Waals surface area contributed by atoms with Crippen LogP contribution in [0.5, 0.6) is 0 Å². The molecule has 0 amide bonds. The maximum absolute atomic E-state index is 5.24. The number of hydrogen-bond acceptors (Lipinski definition) is 3. The first-order chi connectivity index (χ1) is 8.04. The second kappa shape index (κ2) is 6.72. The maximum atomic E-state index is 5.24. The van der Waals surface area contributed by atoms with Crippen LogP contribution in [-0.4, -0.2) is 61.8 Å². The number of piperidine rings is 1. The van der Waals surface area contributed by atoms with Crippen LogP contribution >= 0.6 is 0 Å². The molecule has 1 aliphatic rings. The van der Waals surface area contributed by atoms with Crippen molar-refractivity contribution >= 4 is 0 Å². The summed E-state index contributed by atoms with van der Waals surface area (Å²) in [5, 5.41) is 0. The van der Waals surface area contributed by atoms with Crippen molar-refractivity contribution in [3.8, 4) is 0 Å². The summed E-state index contributed by atoms with van der Waals surface area (Å²) in [6.45, 7) is 11.3. The van der Waals surface area contributed by atoms with Gasteiger partial charge in [-0.3, -0.25) is 9.80 Å². The molecule has 1 fully saturated rings. The zero-order chi connectivity index (χ0) is 12.9. The van der Waals surface area contributed by atoms with Crippen LogP contribution in [-0.2, 0) is 4.74 Å². The van der Waals surface area contributed by atoms with Crippen LogP contribution in [0.3, 0.4) is 0 Å². The Balaban J connectivity index is 2.68. The third-order valence-corrected chi connectivity index (χ3v) is 4.47. The lowest BCUT2D eigenvalue weighted by molar-refractivity contribution is 0.00302. The quantitative estimate of drug-likeness (QED) is 0.710. The van der Waals surface area contributed by atoms with E-state index in [0.717, 1.165) is 19.7 Å². The van der Waals surface area contributed by atoms with Crippen LogP contribution in [0.2, 0.25) is 0 Å². The van der Waals surface area contributed by atoms with Gasteiger partial charge in [-0.25, -0.2) is 0 Å². The molecule has 1 saturated heterocycles. The fourth-order valence-electron chi connectivity index (χ4n) is 2.93. The van der Waals surface area contributed by atoms with Crippen LogP contribution in [0.15, 0.2) is 0 Å². The predicted molar refractivity (Wildman–Crippen MR) is 73.5 cm³/mol. The molecule has 1 heterocycles. The van der Waals surface area contributed by atoms with Crippen LogP contribution < -0.4 is 0 Å². The maximum Gasteiger partial charge on any atom is 0.0589 e. The average Bonchev–Trinajstić information content (AvgIpc) is 2.35. The molecule has 17 heavy (non-hydrogen) atoms. The highest BCUT2D eigenvalue weighted by atomic mass is 16.5. The summed E-state index contributed by atoms with van der Waals surface area (Å²) in [6, 6.07) is 0.663. The Morgan fingerprint density at radius 2 is 2.06 bits per heavy atom. The third kappa shape index (κ3) is 3.67. The number of hydrogen-bond donors (Lipinski definition) is 0. The van der Waals surface area contributed by atoms with E-state index >= 15 is 0 Å². The summed E-state index contributed by atoms with van der Waals surface area (Å²) in [6.07, 6.45) is 4.03. The zero-order valence-corrected chi connectivity index (χ0v) is 12.3. The highest BCUT2D eigenvalue weighted by Gasteiger charge is 2.37. The fraction of sp³-hybridized carbons (Fsp3) is 1.00. The highest BCUT2D eigenvalue weighted by Crippen LogP contribution is 2.29. The molecule has 1 unspecified atom stereocenters. The lowest BCUT2D eigenvalue weighted by atomic mass is 9.85. The second-order valence-electron chi connectivity index (χ2n) is 5.71. The number of methoxy groups -OCH3 is 1. The van der Waals surface area contributed by atoms with Crippen molar-refractivity contribution in [2.45, 2.75) is 51.6 Å². The van der Waals surface area contributed by atoms with E-state index in [0.29, 0.717) is 6.04 Å². The smallest absolute Gasteiger partial charge is 0.0589 e. The van der Waals surface area contributed by atoms with Gasteiger partial charge < -0.3 is 4.74 Å². The summed E-state index contributed by atoms with van der Waals surface area (Å²) in [4.78, 5) is 5.10. The zero-order valence-electron chi connectivity index (χ0n) is 12.3. The van der Waals surface area contributed by atoms with Gasteiger partial charge in [0.15, 0.2) is 0 Å². The first-order valence-electron chi connectivity index (χ1n) is 6.98. The first-order valence-corrected chi connectivity index (χ1v) is 6.98. The Morgan fingerprint density at radius 1 is 1.35 bits per heavy atom. The van der Waals surface area contributed by atoms with Crippen molar-refractivity contribution < 1.29 is 4.74 Å². The summed E-state index contributed by atoms with van der Waals surface area (Å²) < 4.78 is 5.24. The molecule has 1 aliphatic heterocycles. The van der Waals surface area contributed by atoms with Crippen LogP contribution in [0, 0.1) is 0 Å². The molecule has 0 spiro atoms.